The van der Waals surface area contributed by atoms with Crippen molar-refractivity contribution in [1.29, 1.82) is 0 Å². The van der Waals surface area contributed by atoms with E-state index < -0.39 is 0 Å². The number of amides is 1. The van der Waals surface area contributed by atoms with E-state index in [0.717, 1.165) is 18.8 Å². The molecule has 1 rings (SSSR count). The Labute approximate surface area is 115 Å². The molecule has 0 aliphatic rings. The smallest absolute Gasteiger partial charge is 0.271 e. The van der Waals surface area contributed by atoms with Crippen molar-refractivity contribution in [1.82, 2.24) is 15.1 Å². The highest BCUT2D eigenvalue weighted by atomic mass is 16.2. The largest absolute Gasteiger partial charge is 0.395 e. The Bertz CT molecular complexity index is 423. The van der Waals surface area contributed by atoms with Crippen LogP contribution in [0.3, 0.4) is 0 Å². The van der Waals surface area contributed by atoms with Crippen LogP contribution in [-0.4, -0.2) is 22.2 Å². The molecule has 0 atom stereocenters. The fourth-order valence-electron chi connectivity index (χ4n) is 2.03. The summed E-state index contributed by atoms with van der Waals surface area (Å²) < 4.78 is 1.66. The Hall–Kier alpha value is -1.52. The van der Waals surface area contributed by atoms with Gasteiger partial charge in [0.25, 0.3) is 5.91 Å². The van der Waals surface area contributed by atoms with Crippen molar-refractivity contribution in [2.24, 2.45) is 5.92 Å². The fraction of sp³-hybridized carbons (Fsp3) is 0.714. The van der Waals surface area contributed by atoms with Gasteiger partial charge < -0.3 is 11.1 Å². The lowest BCUT2D eigenvalue weighted by Crippen LogP contribution is -2.27. The first-order valence-electron chi connectivity index (χ1n) is 7.08. The zero-order valence-corrected chi connectivity index (χ0v) is 12.5. The minimum Gasteiger partial charge on any atom is -0.395 e. The van der Waals surface area contributed by atoms with Crippen LogP contribution in [0, 0.1) is 12.8 Å². The molecule has 0 spiro atoms. The molecule has 0 aliphatic carbocycles. The van der Waals surface area contributed by atoms with Crippen molar-refractivity contribution in [2.75, 3.05) is 12.3 Å². The predicted octanol–water partition coefficient (Wildman–Crippen LogP) is 2.35. The standard InChI is InChI=1S/C14H26N4O/c1-5-18-13(12(15)11(4)17-18)14(19)16-9-7-6-8-10(2)3/h10H,5-9,15H2,1-4H3,(H,16,19). The number of carbonyl (C=O) groups excluding carboxylic acids is 1. The molecule has 5 heteroatoms. The topological polar surface area (TPSA) is 72.9 Å². The number of nitrogens with two attached hydrogens (primary N) is 1. The van der Waals surface area contributed by atoms with E-state index in [1.165, 1.54) is 6.42 Å². The molecule has 1 heterocycles. The molecular formula is C14H26N4O. The monoisotopic (exact) mass is 266 g/mol. The Morgan fingerprint density at radius 3 is 2.68 bits per heavy atom. The molecule has 0 fully saturated rings. The molecule has 19 heavy (non-hydrogen) atoms. The summed E-state index contributed by atoms with van der Waals surface area (Å²) in [6.07, 6.45) is 3.34. The Morgan fingerprint density at radius 1 is 1.42 bits per heavy atom. The summed E-state index contributed by atoms with van der Waals surface area (Å²) in [7, 11) is 0. The average molecular weight is 266 g/mol. The van der Waals surface area contributed by atoms with Crippen LogP contribution in [0.2, 0.25) is 0 Å². The first-order valence-corrected chi connectivity index (χ1v) is 7.08. The summed E-state index contributed by atoms with van der Waals surface area (Å²) in [5.41, 5.74) is 7.60. The summed E-state index contributed by atoms with van der Waals surface area (Å²) in [5, 5.41) is 7.17. The van der Waals surface area contributed by atoms with Crippen LogP contribution in [0.15, 0.2) is 0 Å². The Kier molecular flexibility index (Phi) is 5.86. The zero-order chi connectivity index (χ0) is 14.4. The van der Waals surface area contributed by atoms with Gasteiger partial charge in [-0.15, -0.1) is 0 Å². The van der Waals surface area contributed by atoms with Crippen molar-refractivity contribution < 1.29 is 4.79 Å². The van der Waals surface area contributed by atoms with Gasteiger partial charge in [-0.25, -0.2) is 0 Å². The van der Waals surface area contributed by atoms with E-state index >= 15 is 0 Å². The van der Waals surface area contributed by atoms with Crippen LogP contribution in [0.5, 0.6) is 0 Å². The molecule has 0 radical (unpaired) electrons. The molecular weight excluding hydrogens is 240 g/mol. The van der Waals surface area contributed by atoms with E-state index in [0.29, 0.717) is 30.2 Å². The van der Waals surface area contributed by atoms with Crippen molar-refractivity contribution >= 4 is 11.6 Å². The number of carbonyl (C=O) groups is 1. The molecule has 1 aromatic rings. The van der Waals surface area contributed by atoms with E-state index in [1.807, 2.05) is 13.8 Å². The fourth-order valence-corrected chi connectivity index (χ4v) is 2.03. The Balaban J connectivity index is 2.50. The van der Waals surface area contributed by atoms with E-state index in [-0.39, 0.29) is 5.91 Å². The van der Waals surface area contributed by atoms with Gasteiger partial charge in [0.05, 0.1) is 11.4 Å². The maximum Gasteiger partial charge on any atom is 0.271 e. The Morgan fingerprint density at radius 2 is 2.11 bits per heavy atom. The second-order valence-corrected chi connectivity index (χ2v) is 5.31. The summed E-state index contributed by atoms with van der Waals surface area (Å²) in [5.74, 6) is 0.597. The number of aryl methyl sites for hydroxylation is 2. The minimum atomic E-state index is -0.121. The first-order chi connectivity index (χ1) is 8.97. The summed E-state index contributed by atoms with van der Waals surface area (Å²) in [6.45, 7) is 9.53. The van der Waals surface area contributed by atoms with Gasteiger partial charge in [-0.2, -0.15) is 5.10 Å². The molecule has 5 nitrogen and oxygen atoms in total. The van der Waals surface area contributed by atoms with Gasteiger partial charge in [0.1, 0.15) is 5.69 Å². The number of aromatic nitrogens is 2. The van der Waals surface area contributed by atoms with Gasteiger partial charge in [-0.1, -0.05) is 26.7 Å². The van der Waals surface area contributed by atoms with Crippen molar-refractivity contribution in [3.05, 3.63) is 11.4 Å². The summed E-state index contributed by atoms with van der Waals surface area (Å²) in [4.78, 5) is 12.1. The number of rotatable bonds is 7. The molecule has 0 bridgehead atoms. The quantitative estimate of drug-likeness (QED) is 0.744. The lowest BCUT2D eigenvalue weighted by molar-refractivity contribution is 0.0943. The molecule has 0 unspecified atom stereocenters. The highest BCUT2D eigenvalue weighted by molar-refractivity contribution is 5.97. The third kappa shape index (κ3) is 4.26. The van der Waals surface area contributed by atoms with Crippen LogP contribution >= 0.6 is 0 Å². The SMILES string of the molecule is CCn1nc(C)c(N)c1C(=O)NCCCCC(C)C. The van der Waals surface area contributed by atoms with Gasteiger partial charge in [0, 0.05) is 13.1 Å². The highest BCUT2D eigenvalue weighted by Crippen LogP contribution is 2.16. The van der Waals surface area contributed by atoms with Crippen LogP contribution in [0.25, 0.3) is 0 Å². The normalized spacial score (nSPS) is 11.0. The molecule has 0 aromatic carbocycles. The molecule has 108 valence electrons. The van der Waals surface area contributed by atoms with Crippen LogP contribution in [-0.2, 0) is 6.54 Å². The zero-order valence-electron chi connectivity index (χ0n) is 12.5. The third-order valence-corrected chi connectivity index (χ3v) is 3.18. The maximum atomic E-state index is 12.1. The van der Waals surface area contributed by atoms with Gasteiger partial charge in [-0.3, -0.25) is 9.48 Å². The maximum absolute atomic E-state index is 12.1. The van der Waals surface area contributed by atoms with Crippen LogP contribution < -0.4 is 11.1 Å². The molecule has 1 aromatic heterocycles. The first kappa shape index (κ1) is 15.5. The van der Waals surface area contributed by atoms with Crippen molar-refractivity contribution in [2.45, 2.75) is 53.5 Å². The van der Waals surface area contributed by atoms with Gasteiger partial charge in [0.15, 0.2) is 0 Å². The lowest BCUT2D eigenvalue weighted by atomic mass is 10.1. The average Bonchev–Trinajstić information content (AvgIpc) is 2.64. The number of nitrogen functional groups attached to an aromatic ring is 1. The molecule has 0 saturated heterocycles. The third-order valence-electron chi connectivity index (χ3n) is 3.18. The van der Waals surface area contributed by atoms with Gasteiger partial charge >= 0.3 is 0 Å². The molecule has 0 aliphatic heterocycles. The molecule has 0 saturated carbocycles. The predicted molar refractivity (Wildman–Crippen MR) is 78.1 cm³/mol. The minimum absolute atomic E-state index is 0.121. The number of nitrogens with zero attached hydrogens (tertiary/aromatic N) is 2. The number of hydrogen-bond acceptors (Lipinski definition) is 3. The summed E-state index contributed by atoms with van der Waals surface area (Å²) >= 11 is 0. The van der Waals surface area contributed by atoms with Gasteiger partial charge in [-0.05, 0) is 26.2 Å². The summed E-state index contributed by atoms with van der Waals surface area (Å²) in [6, 6.07) is 0. The van der Waals surface area contributed by atoms with E-state index in [9.17, 15) is 4.79 Å². The van der Waals surface area contributed by atoms with E-state index in [4.69, 9.17) is 5.73 Å². The number of nitrogens with one attached hydrogen (secondary N) is 1. The van der Waals surface area contributed by atoms with E-state index in [2.05, 4.69) is 24.3 Å². The van der Waals surface area contributed by atoms with E-state index in [1.54, 1.807) is 4.68 Å². The highest BCUT2D eigenvalue weighted by Gasteiger charge is 2.18. The second kappa shape index (κ2) is 7.16. The van der Waals surface area contributed by atoms with Crippen LogP contribution in [0.4, 0.5) is 5.69 Å². The lowest BCUT2D eigenvalue weighted by Gasteiger charge is -2.08. The second-order valence-electron chi connectivity index (χ2n) is 5.31. The molecule has 3 N–H and O–H groups in total. The number of hydrogen-bond donors (Lipinski definition) is 2. The molecule has 1 amide bonds. The van der Waals surface area contributed by atoms with Crippen molar-refractivity contribution in [3.63, 3.8) is 0 Å². The van der Waals surface area contributed by atoms with Crippen LogP contribution in [0.1, 0.15) is 56.2 Å². The number of anilines is 1. The van der Waals surface area contributed by atoms with Crippen molar-refractivity contribution in [3.8, 4) is 0 Å². The van der Waals surface area contributed by atoms with Gasteiger partial charge in [0.2, 0.25) is 0 Å². The number of unbranched alkanes of at least 4 members (excludes halogenated alkanes) is 1.